The molecule has 0 saturated heterocycles. The van der Waals surface area contributed by atoms with Gasteiger partial charge >= 0.3 is 0 Å². The van der Waals surface area contributed by atoms with Gasteiger partial charge in [0.25, 0.3) is 0 Å². The molecule has 90 valence electrons. The first-order valence-electron chi connectivity index (χ1n) is 5.84. The number of hydrogen-bond acceptors (Lipinski definition) is 4. The number of nitrogens with zero attached hydrogens (tertiary/aromatic N) is 3. The average Bonchev–Trinajstić information content (AvgIpc) is 2.85. The number of anilines is 1. The maximum Gasteiger partial charge on any atom is 0.222 e. The van der Waals surface area contributed by atoms with Crippen LogP contribution in [0.15, 0.2) is 30.5 Å². The summed E-state index contributed by atoms with van der Waals surface area (Å²) in [6.45, 7) is 2.13. The van der Waals surface area contributed by atoms with Gasteiger partial charge in [-0.05, 0) is 18.1 Å². The standard InChI is InChI=1S/C13H13N5/c1-2-8-4-3-5-9(6-8)11-10-7-15-18-12(10)17-13(14)16-11/h3-7H,2H2,1H3,(H3,14,15,16,17,18). The Morgan fingerprint density at radius 3 is 3.00 bits per heavy atom. The average molecular weight is 239 g/mol. The molecule has 5 heteroatoms. The molecule has 0 unspecified atom stereocenters. The van der Waals surface area contributed by atoms with Gasteiger partial charge in [0.15, 0.2) is 5.65 Å². The topological polar surface area (TPSA) is 80.5 Å². The SMILES string of the molecule is CCc1cccc(-c2nc(N)nc3[nH]ncc23)c1. The Bertz CT molecular complexity index is 701. The van der Waals surface area contributed by atoms with Crippen LogP contribution < -0.4 is 5.73 Å². The largest absolute Gasteiger partial charge is 0.368 e. The fourth-order valence-electron chi connectivity index (χ4n) is 2.01. The van der Waals surface area contributed by atoms with Gasteiger partial charge in [0.1, 0.15) is 0 Å². The molecule has 1 aromatic carbocycles. The molecule has 18 heavy (non-hydrogen) atoms. The predicted octanol–water partition coefficient (Wildman–Crippen LogP) is 2.16. The molecule has 3 N–H and O–H groups in total. The van der Waals surface area contributed by atoms with E-state index in [0.717, 1.165) is 23.1 Å². The molecule has 0 bridgehead atoms. The molecule has 0 spiro atoms. The molecule has 2 aromatic heterocycles. The lowest BCUT2D eigenvalue weighted by Crippen LogP contribution is -1.97. The fourth-order valence-corrected chi connectivity index (χ4v) is 2.01. The predicted molar refractivity (Wildman–Crippen MR) is 70.9 cm³/mol. The molecule has 2 heterocycles. The first-order valence-corrected chi connectivity index (χ1v) is 5.84. The summed E-state index contributed by atoms with van der Waals surface area (Å²) in [5.74, 6) is 0.253. The third-order valence-electron chi connectivity index (χ3n) is 2.94. The van der Waals surface area contributed by atoms with Crippen molar-refractivity contribution in [2.75, 3.05) is 5.73 Å². The summed E-state index contributed by atoms with van der Waals surface area (Å²) in [5, 5.41) is 7.69. The summed E-state index contributed by atoms with van der Waals surface area (Å²) in [6.07, 6.45) is 2.71. The highest BCUT2D eigenvalue weighted by Crippen LogP contribution is 2.26. The van der Waals surface area contributed by atoms with Crippen LogP contribution in [-0.2, 0) is 6.42 Å². The molecule has 0 fully saturated rings. The van der Waals surface area contributed by atoms with E-state index in [9.17, 15) is 0 Å². The second-order valence-electron chi connectivity index (χ2n) is 4.12. The van der Waals surface area contributed by atoms with Crippen molar-refractivity contribution in [3.8, 4) is 11.3 Å². The van der Waals surface area contributed by atoms with Crippen molar-refractivity contribution in [1.29, 1.82) is 0 Å². The number of aromatic amines is 1. The Hall–Kier alpha value is -2.43. The lowest BCUT2D eigenvalue weighted by atomic mass is 10.0. The Kier molecular flexibility index (Phi) is 2.44. The highest BCUT2D eigenvalue weighted by molar-refractivity contribution is 5.90. The zero-order valence-corrected chi connectivity index (χ0v) is 10.0. The summed E-state index contributed by atoms with van der Waals surface area (Å²) in [4.78, 5) is 8.44. The van der Waals surface area contributed by atoms with Crippen molar-refractivity contribution in [3.05, 3.63) is 36.0 Å². The second-order valence-corrected chi connectivity index (χ2v) is 4.12. The van der Waals surface area contributed by atoms with Crippen LogP contribution in [0.5, 0.6) is 0 Å². The van der Waals surface area contributed by atoms with Crippen LogP contribution >= 0.6 is 0 Å². The molecule has 3 aromatic rings. The van der Waals surface area contributed by atoms with E-state index in [0.29, 0.717) is 5.65 Å². The third-order valence-corrected chi connectivity index (χ3v) is 2.94. The van der Waals surface area contributed by atoms with Crippen molar-refractivity contribution in [2.45, 2.75) is 13.3 Å². The van der Waals surface area contributed by atoms with E-state index in [2.05, 4.69) is 39.2 Å². The van der Waals surface area contributed by atoms with E-state index >= 15 is 0 Å². The van der Waals surface area contributed by atoms with Crippen LogP contribution in [0.1, 0.15) is 12.5 Å². The number of aromatic nitrogens is 4. The summed E-state index contributed by atoms with van der Waals surface area (Å²) < 4.78 is 0. The number of nitrogen functional groups attached to an aromatic ring is 1. The Labute approximate surface area is 104 Å². The van der Waals surface area contributed by atoms with Crippen molar-refractivity contribution >= 4 is 17.0 Å². The zero-order chi connectivity index (χ0) is 12.5. The molecule has 5 nitrogen and oxygen atoms in total. The van der Waals surface area contributed by atoms with E-state index in [4.69, 9.17) is 5.73 Å². The van der Waals surface area contributed by atoms with Crippen LogP contribution in [-0.4, -0.2) is 20.2 Å². The van der Waals surface area contributed by atoms with Crippen LogP contribution in [0.3, 0.4) is 0 Å². The number of rotatable bonds is 2. The normalized spacial score (nSPS) is 10.9. The molecule has 0 atom stereocenters. The number of fused-ring (bicyclic) bond motifs is 1. The maximum atomic E-state index is 5.72. The molecule has 0 aliphatic heterocycles. The maximum absolute atomic E-state index is 5.72. The quantitative estimate of drug-likeness (QED) is 0.718. The lowest BCUT2D eigenvalue weighted by Gasteiger charge is -2.05. The molecular formula is C13H13N5. The van der Waals surface area contributed by atoms with Gasteiger partial charge in [-0.15, -0.1) is 0 Å². The van der Waals surface area contributed by atoms with Gasteiger partial charge in [0, 0.05) is 5.56 Å². The molecule has 0 radical (unpaired) electrons. The van der Waals surface area contributed by atoms with Crippen molar-refractivity contribution in [3.63, 3.8) is 0 Å². The first-order chi connectivity index (χ1) is 8.78. The van der Waals surface area contributed by atoms with Crippen molar-refractivity contribution in [2.24, 2.45) is 0 Å². The number of nitrogens with one attached hydrogen (secondary N) is 1. The van der Waals surface area contributed by atoms with Gasteiger partial charge in [-0.3, -0.25) is 5.10 Å². The molecular weight excluding hydrogens is 226 g/mol. The van der Waals surface area contributed by atoms with E-state index in [1.165, 1.54) is 5.56 Å². The highest BCUT2D eigenvalue weighted by Gasteiger charge is 2.10. The summed E-state index contributed by atoms with van der Waals surface area (Å²) in [7, 11) is 0. The number of benzene rings is 1. The number of hydrogen-bond donors (Lipinski definition) is 2. The van der Waals surface area contributed by atoms with Gasteiger partial charge < -0.3 is 5.73 Å². The monoisotopic (exact) mass is 239 g/mol. The minimum absolute atomic E-state index is 0.253. The summed E-state index contributed by atoms with van der Waals surface area (Å²) >= 11 is 0. The third kappa shape index (κ3) is 1.69. The summed E-state index contributed by atoms with van der Waals surface area (Å²) in [6, 6.07) is 8.26. The zero-order valence-electron chi connectivity index (χ0n) is 10.0. The van der Waals surface area contributed by atoms with Crippen molar-refractivity contribution in [1.82, 2.24) is 20.2 Å². The van der Waals surface area contributed by atoms with Gasteiger partial charge in [-0.1, -0.05) is 25.1 Å². The second kappa shape index (κ2) is 4.10. The minimum atomic E-state index is 0.253. The summed E-state index contributed by atoms with van der Waals surface area (Å²) in [5.41, 5.74) is 9.51. The van der Waals surface area contributed by atoms with E-state index in [1.54, 1.807) is 6.20 Å². The van der Waals surface area contributed by atoms with E-state index in [-0.39, 0.29) is 5.95 Å². The molecule has 3 rings (SSSR count). The first kappa shape index (κ1) is 10.7. The van der Waals surface area contributed by atoms with Crippen LogP contribution in [0.2, 0.25) is 0 Å². The highest BCUT2D eigenvalue weighted by atomic mass is 15.2. The lowest BCUT2D eigenvalue weighted by molar-refractivity contribution is 1.09. The van der Waals surface area contributed by atoms with Gasteiger partial charge in [-0.25, -0.2) is 4.98 Å². The fraction of sp³-hybridized carbons (Fsp3) is 0.154. The molecule has 0 aliphatic rings. The van der Waals surface area contributed by atoms with Crippen molar-refractivity contribution < 1.29 is 0 Å². The number of H-pyrrole nitrogens is 1. The van der Waals surface area contributed by atoms with Crippen LogP contribution in [0, 0.1) is 0 Å². The number of nitrogens with two attached hydrogens (primary N) is 1. The van der Waals surface area contributed by atoms with E-state index < -0.39 is 0 Å². The Morgan fingerprint density at radius 2 is 2.17 bits per heavy atom. The van der Waals surface area contributed by atoms with Gasteiger partial charge in [0.2, 0.25) is 5.95 Å². The minimum Gasteiger partial charge on any atom is -0.368 e. The number of aryl methyl sites for hydroxylation is 1. The van der Waals surface area contributed by atoms with Crippen LogP contribution in [0.4, 0.5) is 5.95 Å². The smallest absolute Gasteiger partial charge is 0.222 e. The van der Waals surface area contributed by atoms with Gasteiger partial charge in [0.05, 0.1) is 17.3 Å². The van der Waals surface area contributed by atoms with E-state index in [1.807, 2.05) is 12.1 Å². The Balaban J connectivity index is 2.26. The van der Waals surface area contributed by atoms with Gasteiger partial charge in [-0.2, -0.15) is 10.1 Å². The Morgan fingerprint density at radius 1 is 1.28 bits per heavy atom. The molecule has 0 aliphatic carbocycles. The molecule has 0 saturated carbocycles. The van der Waals surface area contributed by atoms with Crippen LogP contribution in [0.25, 0.3) is 22.3 Å². The molecule has 0 amide bonds.